The predicted molar refractivity (Wildman–Crippen MR) is 117 cm³/mol. The van der Waals surface area contributed by atoms with E-state index in [9.17, 15) is 14.7 Å². The summed E-state index contributed by atoms with van der Waals surface area (Å²) in [6, 6.07) is 7.81. The first-order chi connectivity index (χ1) is 14.8. The number of benzene rings is 1. The van der Waals surface area contributed by atoms with Crippen molar-refractivity contribution in [1.82, 2.24) is 15.1 Å². The lowest BCUT2D eigenvalue weighted by molar-refractivity contribution is -0.147. The number of aliphatic hydroxyl groups excluding tert-OH is 1. The van der Waals surface area contributed by atoms with Crippen LogP contribution in [0.25, 0.3) is 0 Å². The molecule has 1 atom stereocenters. The monoisotopic (exact) mass is 433 g/mol. The third kappa shape index (κ3) is 6.18. The van der Waals surface area contributed by atoms with Crippen LogP contribution in [0.4, 0.5) is 0 Å². The van der Waals surface area contributed by atoms with Crippen LogP contribution in [0, 0.1) is 5.92 Å². The van der Waals surface area contributed by atoms with E-state index in [0.717, 1.165) is 38.0 Å². The van der Waals surface area contributed by atoms with Crippen molar-refractivity contribution in [3.63, 3.8) is 0 Å². The molecule has 8 nitrogen and oxygen atoms in total. The fraction of sp³-hybridized carbons (Fsp3) is 0.652. The van der Waals surface area contributed by atoms with E-state index in [-0.39, 0.29) is 24.4 Å². The third-order valence-corrected chi connectivity index (χ3v) is 6.32. The molecule has 1 aromatic carbocycles. The largest absolute Gasteiger partial charge is 0.491 e. The number of piperidine rings is 1. The van der Waals surface area contributed by atoms with E-state index in [2.05, 4.69) is 15.1 Å². The molecule has 0 aliphatic carbocycles. The molecule has 8 heteroatoms. The summed E-state index contributed by atoms with van der Waals surface area (Å²) >= 11 is 0. The minimum atomic E-state index is -0.608. The summed E-state index contributed by atoms with van der Waals surface area (Å²) < 4.78 is 10.7. The molecule has 0 saturated carbocycles. The number of hydrogen-bond donors (Lipinski definition) is 2. The first kappa shape index (κ1) is 23.5. The van der Waals surface area contributed by atoms with Crippen molar-refractivity contribution in [2.24, 2.45) is 5.92 Å². The topological polar surface area (TPSA) is 91.3 Å². The molecule has 2 aliphatic rings. The number of hydrogen-bond acceptors (Lipinski definition) is 7. The Morgan fingerprint density at radius 2 is 2.03 bits per heavy atom. The van der Waals surface area contributed by atoms with Gasteiger partial charge in [-0.15, -0.1) is 0 Å². The molecule has 31 heavy (non-hydrogen) atoms. The fourth-order valence-electron chi connectivity index (χ4n) is 4.24. The van der Waals surface area contributed by atoms with E-state index in [0.29, 0.717) is 25.4 Å². The molecule has 0 bridgehead atoms. The normalized spacial score (nSPS) is 21.4. The lowest BCUT2D eigenvalue weighted by atomic mass is 9.97. The number of ether oxygens (including phenoxy) is 2. The van der Waals surface area contributed by atoms with E-state index in [4.69, 9.17) is 9.47 Å². The van der Waals surface area contributed by atoms with E-state index < -0.39 is 11.6 Å². The van der Waals surface area contributed by atoms with Gasteiger partial charge in [0.25, 0.3) is 0 Å². The molecule has 2 fully saturated rings. The molecule has 2 saturated heterocycles. The van der Waals surface area contributed by atoms with Gasteiger partial charge in [-0.1, -0.05) is 12.1 Å². The average Bonchev–Trinajstić information content (AvgIpc) is 2.76. The second-order valence-corrected chi connectivity index (χ2v) is 8.95. The molecule has 0 spiro atoms. The number of esters is 1. The number of rotatable bonds is 8. The summed E-state index contributed by atoms with van der Waals surface area (Å²) in [5.74, 6) is 0.579. The molecule has 2 aliphatic heterocycles. The van der Waals surface area contributed by atoms with Crippen molar-refractivity contribution >= 4 is 11.9 Å². The molecule has 0 radical (unpaired) electrons. The number of carbonyl (C=O) groups is 2. The summed E-state index contributed by atoms with van der Waals surface area (Å²) in [6.45, 7) is 8.25. The highest BCUT2D eigenvalue weighted by Gasteiger charge is 2.37. The smallest absolute Gasteiger partial charge is 0.308 e. The molecule has 1 aromatic rings. The Labute approximate surface area is 184 Å². The summed E-state index contributed by atoms with van der Waals surface area (Å²) in [5, 5.41) is 13.3. The minimum Gasteiger partial charge on any atom is -0.491 e. The zero-order chi connectivity index (χ0) is 22.4. The molecule has 2 heterocycles. The van der Waals surface area contributed by atoms with Crippen LogP contribution in [0.3, 0.4) is 0 Å². The molecule has 1 unspecified atom stereocenters. The Balaban J connectivity index is 1.46. The van der Waals surface area contributed by atoms with Gasteiger partial charge in [-0.3, -0.25) is 14.5 Å². The van der Waals surface area contributed by atoms with Crippen LogP contribution in [-0.2, 0) is 20.9 Å². The minimum absolute atomic E-state index is 0.0339. The second-order valence-electron chi connectivity index (χ2n) is 8.95. The van der Waals surface area contributed by atoms with Crippen LogP contribution < -0.4 is 10.1 Å². The fourth-order valence-corrected chi connectivity index (χ4v) is 4.24. The molecule has 1 amide bonds. The molecule has 2 N–H and O–H groups in total. The van der Waals surface area contributed by atoms with Gasteiger partial charge >= 0.3 is 5.97 Å². The maximum absolute atomic E-state index is 12.2. The van der Waals surface area contributed by atoms with Crippen molar-refractivity contribution in [3.05, 3.63) is 29.8 Å². The van der Waals surface area contributed by atoms with Gasteiger partial charge < -0.3 is 24.8 Å². The lowest BCUT2D eigenvalue weighted by Crippen LogP contribution is -2.61. The standard InChI is InChI=1S/C23H35N3O5/c1-23(2)22(29)24-9-12-26(23)14-17-5-4-6-20(13-17)31-16-19(27)15-25-10-7-18(8-11-25)21(28)30-3/h4-6,13,18-19,27H,7-12,14-16H2,1-3H3,(H,24,29). The lowest BCUT2D eigenvalue weighted by Gasteiger charge is -2.41. The van der Waals surface area contributed by atoms with Gasteiger partial charge in [0.1, 0.15) is 18.5 Å². The number of amides is 1. The zero-order valence-corrected chi connectivity index (χ0v) is 18.8. The molecular formula is C23H35N3O5. The summed E-state index contributed by atoms with van der Waals surface area (Å²) in [5.41, 5.74) is 0.520. The number of aliphatic hydroxyl groups is 1. The van der Waals surface area contributed by atoms with Gasteiger partial charge in [0, 0.05) is 26.2 Å². The van der Waals surface area contributed by atoms with Crippen LogP contribution in [0.15, 0.2) is 24.3 Å². The van der Waals surface area contributed by atoms with Crippen LogP contribution in [0.2, 0.25) is 0 Å². The van der Waals surface area contributed by atoms with Crippen molar-refractivity contribution in [1.29, 1.82) is 0 Å². The number of nitrogens with zero attached hydrogens (tertiary/aromatic N) is 2. The van der Waals surface area contributed by atoms with E-state index >= 15 is 0 Å². The number of methoxy groups -OCH3 is 1. The maximum atomic E-state index is 12.2. The quantitative estimate of drug-likeness (QED) is 0.592. The number of β-amino-alcohol motifs (C(OH)–C–C–N with tert-alkyl or cyclic N) is 1. The van der Waals surface area contributed by atoms with Crippen LogP contribution in [0.1, 0.15) is 32.3 Å². The Morgan fingerprint density at radius 3 is 2.74 bits per heavy atom. The van der Waals surface area contributed by atoms with E-state index in [1.165, 1.54) is 7.11 Å². The van der Waals surface area contributed by atoms with Gasteiger partial charge in [0.05, 0.1) is 18.6 Å². The molecular weight excluding hydrogens is 398 g/mol. The van der Waals surface area contributed by atoms with Crippen molar-refractivity contribution in [3.8, 4) is 5.75 Å². The van der Waals surface area contributed by atoms with Gasteiger partial charge in [-0.2, -0.15) is 0 Å². The van der Waals surface area contributed by atoms with E-state index in [1.807, 2.05) is 38.1 Å². The Bertz CT molecular complexity index is 761. The second kappa shape index (κ2) is 10.4. The molecule has 172 valence electrons. The van der Waals surface area contributed by atoms with Crippen molar-refractivity contribution < 1.29 is 24.2 Å². The summed E-state index contributed by atoms with van der Waals surface area (Å²) in [7, 11) is 1.43. The number of carbonyl (C=O) groups excluding carboxylic acids is 2. The number of nitrogens with one attached hydrogen (secondary N) is 1. The van der Waals surface area contributed by atoms with Crippen molar-refractivity contribution in [2.75, 3.05) is 46.4 Å². The Kier molecular flexibility index (Phi) is 7.91. The SMILES string of the molecule is COC(=O)C1CCN(CC(O)COc2cccc(CN3CCNC(=O)C3(C)C)c2)CC1. The predicted octanol–water partition coefficient (Wildman–Crippen LogP) is 1.02. The summed E-state index contributed by atoms with van der Waals surface area (Å²) in [6.07, 6.45) is 0.906. The summed E-state index contributed by atoms with van der Waals surface area (Å²) in [4.78, 5) is 28.1. The highest BCUT2D eigenvalue weighted by atomic mass is 16.5. The highest BCUT2D eigenvalue weighted by molar-refractivity contribution is 5.86. The van der Waals surface area contributed by atoms with Crippen LogP contribution >= 0.6 is 0 Å². The molecule has 0 aromatic heterocycles. The van der Waals surface area contributed by atoms with Crippen molar-refractivity contribution in [2.45, 2.75) is 44.9 Å². The maximum Gasteiger partial charge on any atom is 0.308 e. The zero-order valence-electron chi connectivity index (χ0n) is 18.8. The Morgan fingerprint density at radius 1 is 1.29 bits per heavy atom. The average molecular weight is 434 g/mol. The van der Waals surface area contributed by atoms with E-state index in [1.54, 1.807) is 0 Å². The van der Waals surface area contributed by atoms with Gasteiger partial charge in [0.2, 0.25) is 5.91 Å². The van der Waals surface area contributed by atoms with Crippen LogP contribution in [-0.4, -0.2) is 84.9 Å². The van der Waals surface area contributed by atoms with Gasteiger partial charge in [-0.25, -0.2) is 0 Å². The number of likely N-dealkylation sites (tertiary alicyclic amines) is 1. The third-order valence-electron chi connectivity index (χ3n) is 6.32. The Hall–Kier alpha value is -2.16. The first-order valence-corrected chi connectivity index (χ1v) is 11.0. The molecule has 3 rings (SSSR count). The van der Waals surface area contributed by atoms with Gasteiger partial charge in [-0.05, 0) is 57.5 Å². The highest BCUT2D eigenvalue weighted by Crippen LogP contribution is 2.23. The first-order valence-electron chi connectivity index (χ1n) is 11.0. The van der Waals surface area contributed by atoms with Gasteiger partial charge in [0.15, 0.2) is 0 Å². The number of piperazine rings is 1. The van der Waals surface area contributed by atoms with Crippen LogP contribution in [0.5, 0.6) is 5.75 Å².